The Morgan fingerprint density at radius 2 is 1.77 bits per heavy atom. The van der Waals surface area contributed by atoms with Gasteiger partial charge < -0.3 is 4.90 Å². The van der Waals surface area contributed by atoms with Crippen LogP contribution in [0.4, 0.5) is 0 Å². The van der Waals surface area contributed by atoms with Crippen molar-refractivity contribution in [1.82, 2.24) is 4.90 Å². The van der Waals surface area contributed by atoms with E-state index in [4.69, 9.17) is 10.9 Å². The van der Waals surface area contributed by atoms with Crippen molar-refractivity contribution in [3.63, 3.8) is 0 Å². The summed E-state index contributed by atoms with van der Waals surface area (Å²) >= 11 is 0. The highest BCUT2D eigenvalue weighted by molar-refractivity contribution is 5.99. The second-order valence-electron chi connectivity index (χ2n) is 7.73. The Morgan fingerprint density at radius 1 is 1.03 bits per heavy atom. The number of benzene rings is 2. The Hall–Kier alpha value is -3.53. The molecule has 31 heavy (non-hydrogen) atoms. The topological polar surface area (TPSA) is 63.3 Å². The third-order valence-electron chi connectivity index (χ3n) is 5.67. The van der Waals surface area contributed by atoms with Gasteiger partial charge in [0.15, 0.2) is 5.84 Å². The van der Waals surface area contributed by atoms with Crippen molar-refractivity contribution in [2.75, 3.05) is 0 Å². The fourth-order valence-electron chi connectivity index (χ4n) is 4.20. The van der Waals surface area contributed by atoms with E-state index >= 15 is 0 Å². The van der Waals surface area contributed by atoms with Crippen LogP contribution >= 0.6 is 0 Å². The molecule has 1 aliphatic heterocycles. The molecule has 2 aromatic rings. The highest BCUT2D eigenvalue weighted by atomic mass is 15.1. The molecule has 4 nitrogen and oxygen atoms in total. The van der Waals surface area contributed by atoms with E-state index in [1.54, 1.807) is 0 Å². The van der Waals surface area contributed by atoms with Crippen molar-refractivity contribution >= 4 is 11.4 Å². The molecule has 3 rings (SSSR count). The predicted octanol–water partition coefficient (Wildman–Crippen LogP) is 7.78. The zero-order valence-corrected chi connectivity index (χ0v) is 18.8. The first kappa shape index (κ1) is 22.2. The number of nitrogens with zero attached hydrogens (tertiary/aromatic N) is 2. The summed E-state index contributed by atoms with van der Waals surface area (Å²) in [5.41, 5.74) is 17.2. The Kier molecular flexibility index (Phi) is 6.81. The maximum atomic E-state index is 7.81. The molecule has 1 heterocycles. The van der Waals surface area contributed by atoms with Gasteiger partial charge in [0.05, 0.1) is 0 Å². The summed E-state index contributed by atoms with van der Waals surface area (Å²) < 4.78 is 0. The van der Waals surface area contributed by atoms with Crippen molar-refractivity contribution in [1.29, 1.82) is 10.9 Å². The van der Waals surface area contributed by atoms with Gasteiger partial charge in [-0.25, -0.2) is 5.53 Å². The quantitative estimate of drug-likeness (QED) is 0.285. The van der Waals surface area contributed by atoms with Gasteiger partial charge >= 0.3 is 0 Å². The molecule has 2 N–H and O–H groups in total. The monoisotopic (exact) mass is 410 g/mol. The van der Waals surface area contributed by atoms with E-state index < -0.39 is 0 Å². The molecule has 0 aliphatic carbocycles. The Balaban J connectivity index is 2.14. The fourth-order valence-corrected chi connectivity index (χ4v) is 4.20. The molecule has 0 fully saturated rings. The zero-order chi connectivity index (χ0) is 22.5. The third kappa shape index (κ3) is 4.48. The van der Waals surface area contributed by atoms with E-state index in [1.807, 2.05) is 18.4 Å². The first-order chi connectivity index (χ1) is 14.9. The van der Waals surface area contributed by atoms with Crippen LogP contribution in [-0.4, -0.2) is 10.7 Å². The van der Waals surface area contributed by atoms with Gasteiger partial charge in [0.25, 0.3) is 0 Å². The van der Waals surface area contributed by atoms with Crippen LogP contribution in [0.3, 0.4) is 0 Å². The van der Waals surface area contributed by atoms with Gasteiger partial charge in [-0.15, -0.1) is 5.11 Å². The second kappa shape index (κ2) is 9.52. The highest BCUT2D eigenvalue weighted by Gasteiger charge is 2.20. The summed E-state index contributed by atoms with van der Waals surface area (Å²) in [6.07, 6.45) is 7.31. The molecular formula is C27H30N4. The van der Waals surface area contributed by atoms with Crippen LogP contribution in [0.1, 0.15) is 43.4 Å². The van der Waals surface area contributed by atoms with Crippen LogP contribution in [0.15, 0.2) is 89.5 Å². The number of amidine groups is 1. The lowest BCUT2D eigenvalue weighted by Gasteiger charge is -2.30. The smallest absolute Gasteiger partial charge is 0.173 e. The first-order valence-corrected chi connectivity index (χ1v) is 10.6. The molecule has 158 valence electrons. The van der Waals surface area contributed by atoms with Crippen LogP contribution in [0.25, 0.3) is 16.7 Å². The van der Waals surface area contributed by atoms with Crippen LogP contribution in [0, 0.1) is 24.8 Å². The summed E-state index contributed by atoms with van der Waals surface area (Å²) in [5.74, 6) is -0.0602. The van der Waals surface area contributed by atoms with Crippen molar-refractivity contribution in [2.24, 2.45) is 5.11 Å². The molecule has 0 spiro atoms. The molecular weight excluding hydrogens is 380 g/mol. The minimum absolute atomic E-state index is 0.0602. The molecule has 0 saturated carbocycles. The van der Waals surface area contributed by atoms with Gasteiger partial charge in [0.2, 0.25) is 0 Å². The fraction of sp³-hybridized carbons (Fsp3) is 0.222. The molecule has 0 amide bonds. The molecule has 0 bridgehead atoms. The summed E-state index contributed by atoms with van der Waals surface area (Å²) in [4.78, 5) is 2.10. The zero-order valence-electron chi connectivity index (χ0n) is 18.8. The number of rotatable bonds is 6. The van der Waals surface area contributed by atoms with Gasteiger partial charge in [-0.1, -0.05) is 68.5 Å². The largest absolute Gasteiger partial charge is 0.321 e. The van der Waals surface area contributed by atoms with E-state index in [-0.39, 0.29) is 5.84 Å². The van der Waals surface area contributed by atoms with Crippen LogP contribution in [-0.2, 0) is 0 Å². The molecule has 4 heteroatoms. The van der Waals surface area contributed by atoms with E-state index in [0.29, 0.717) is 5.57 Å². The molecule has 0 aromatic heterocycles. The molecule has 0 unspecified atom stereocenters. The second-order valence-corrected chi connectivity index (χ2v) is 7.73. The molecule has 2 aromatic carbocycles. The Labute approximate surface area is 185 Å². The molecule has 1 aliphatic rings. The summed E-state index contributed by atoms with van der Waals surface area (Å²) in [6.45, 7) is 12.9. The van der Waals surface area contributed by atoms with Gasteiger partial charge in [-0.05, 0) is 66.7 Å². The van der Waals surface area contributed by atoms with Crippen molar-refractivity contribution in [3.05, 3.63) is 101 Å². The van der Waals surface area contributed by atoms with E-state index in [1.165, 1.54) is 39.1 Å². The third-order valence-corrected chi connectivity index (χ3v) is 5.67. The molecule has 0 radical (unpaired) electrons. The van der Waals surface area contributed by atoms with Crippen molar-refractivity contribution < 1.29 is 0 Å². The standard InChI is InChI=1S/C27H30N4/c1-6-22(26(7-2)31-15-14-21(17-20(31)5)27(28)30-29)24-10-8-9-11-25(24)23-13-12-18(3)16-19(23)4/h8-17,28-29H,5-7H2,1-4H3/b26-22+,28-27?,30-29?. The predicted molar refractivity (Wildman–Crippen MR) is 130 cm³/mol. The number of hydrogen-bond donors (Lipinski definition) is 2. The molecule has 0 saturated heterocycles. The summed E-state index contributed by atoms with van der Waals surface area (Å²) in [6, 6.07) is 15.2. The first-order valence-electron chi connectivity index (χ1n) is 10.6. The Bertz CT molecular complexity index is 1130. The SMILES string of the molecule is C=C1C=C(C(=N)N=N)C=CN1/C(CC)=C(\CC)c1ccccc1-c1ccc(C)cc1C. The van der Waals surface area contributed by atoms with Crippen LogP contribution in [0.2, 0.25) is 0 Å². The van der Waals surface area contributed by atoms with Crippen molar-refractivity contribution in [2.45, 2.75) is 40.5 Å². The lowest BCUT2D eigenvalue weighted by atomic mass is 9.89. The number of aryl methyl sites for hydroxylation is 2. The average molecular weight is 411 g/mol. The van der Waals surface area contributed by atoms with E-state index in [9.17, 15) is 0 Å². The van der Waals surface area contributed by atoms with E-state index in [2.05, 4.69) is 86.8 Å². The highest BCUT2D eigenvalue weighted by Crippen LogP contribution is 2.37. The van der Waals surface area contributed by atoms with Crippen LogP contribution in [0.5, 0.6) is 0 Å². The Morgan fingerprint density at radius 3 is 2.39 bits per heavy atom. The summed E-state index contributed by atoms with van der Waals surface area (Å²) in [5, 5.41) is 11.0. The minimum Gasteiger partial charge on any atom is -0.321 e. The normalized spacial score (nSPS) is 14.3. The number of nitrogens with one attached hydrogen (secondary N) is 2. The molecule has 0 atom stereocenters. The number of hydrogen-bond acceptors (Lipinski definition) is 3. The maximum absolute atomic E-state index is 7.81. The maximum Gasteiger partial charge on any atom is 0.173 e. The average Bonchev–Trinajstić information content (AvgIpc) is 2.77. The lowest BCUT2D eigenvalue weighted by molar-refractivity contribution is 0.567. The van der Waals surface area contributed by atoms with Crippen molar-refractivity contribution in [3.8, 4) is 11.1 Å². The van der Waals surface area contributed by atoms with E-state index in [0.717, 1.165) is 18.5 Å². The minimum atomic E-state index is -0.0602. The lowest BCUT2D eigenvalue weighted by Crippen LogP contribution is -2.19. The van der Waals surface area contributed by atoms with Gasteiger partial charge in [-0.3, -0.25) is 5.41 Å². The van der Waals surface area contributed by atoms with Gasteiger partial charge in [-0.2, -0.15) is 0 Å². The van der Waals surface area contributed by atoms with Gasteiger partial charge in [0, 0.05) is 23.2 Å². The summed E-state index contributed by atoms with van der Waals surface area (Å²) in [7, 11) is 0. The number of allylic oxidation sites excluding steroid dienone is 3. The van der Waals surface area contributed by atoms with Crippen LogP contribution < -0.4 is 0 Å². The van der Waals surface area contributed by atoms with Gasteiger partial charge in [0.1, 0.15) is 0 Å².